The Hall–Kier alpha value is -2.19. The third-order valence-electron chi connectivity index (χ3n) is 6.68. The molecule has 1 fully saturated rings. The number of piperidine rings is 1. The van der Waals surface area contributed by atoms with Crippen molar-refractivity contribution in [1.82, 2.24) is 20.1 Å². The van der Waals surface area contributed by atoms with E-state index < -0.39 is 6.04 Å². The summed E-state index contributed by atoms with van der Waals surface area (Å²) in [7, 11) is 0. The topological polar surface area (TPSA) is 84.0 Å². The Bertz CT molecular complexity index is 780. The van der Waals surface area contributed by atoms with Gasteiger partial charge in [-0.15, -0.1) is 0 Å². The molecule has 1 N–H and O–H groups in total. The summed E-state index contributed by atoms with van der Waals surface area (Å²) < 4.78 is 11.6. The highest BCUT2D eigenvalue weighted by atomic mass is 16.5. The molecule has 0 aromatic carbocycles. The van der Waals surface area contributed by atoms with Crippen molar-refractivity contribution in [2.24, 2.45) is 11.8 Å². The van der Waals surface area contributed by atoms with E-state index in [1.807, 2.05) is 11.8 Å². The van der Waals surface area contributed by atoms with E-state index in [1.165, 1.54) is 6.42 Å². The number of aromatic nitrogens is 1. The van der Waals surface area contributed by atoms with Crippen LogP contribution in [0.2, 0.25) is 0 Å². The van der Waals surface area contributed by atoms with E-state index in [4.69, 9.17) is 9.47 Å². The van der Waals surface area contributed by atoms with Crippen LogP contribution in [-0.4, -0.2) is 85.2 Å². The van der Waals surface area contributed by atoms with Gasteiger partial charge in [-0.05, 0) is 56.2 Å². The predicted octanol–water partition coefficient (Wildman–Crippen LogP) is 2.98. The summed E-state index contributed by atoms with van der Waals surface area (Å²) in [5.74, 6) is 1.21. The van der Waals surface area contributed by atoms with Gasteiger partial charge in [-0.1, -0.05) is 27.2 Å². The highest BCUT2D eigenvalue weighted by molar-refractivity contribution is 5.99. The Kier molecular flexibility index (Phi) is 10.6. The van der Waals surface area contributed by atoms with E-state index in [9.17, 15) is 9.59 Å². The standard InChI is InChI=1S/C26H42N4O4/c1-4-6-23-26(32)30-13-9-21(10-14-30)19-29(12-8-20(2)3)15-16-33-17-18-34-25-22(24(31)28-23)7-5-11-27-25/h5,7,11,20-21,23H,4,6,8-10,12-19H2,1-3H3,(H,28,31)/t23-/m1/s1. The number of nitrogens with one attached hydrogen (secondary N) is 1. The van der Waals surface area contributed by atoms with Crippen LogP contribution in [0, 0.1) is 11.8 Å². The quantitative estimate of drug-likeness (QED) is 0.661. The van der Waals surface area contributed by atoms with Crippen LogP contribution in [0.3, 0.4) is 0 Å². The molecule has 0 unspecified atom stereocenters. The summed E-state index contributed by atoms with van der Waals surface area (Å²) >= 11 is 0. The summed E-state index contributed by atoms with van der Waals surface area (Å²) in [6, 6.07) is 2.85. The lowest BCUT2D eigenvalue weighted by atomic mass is 9.95. The minimum Gasteiger partial charge on any atom is -0.475 e. The summed E-state index contributed by atoms with van der Waals surface area (Å²) in [5.41, 5.74) is 0.344. The minimum atomic E-state index is -0.535. The molecule has 2 amide bonds. The second kappa shape index (κ2) is 13.6. The molecule has 3 aliphatic heterocycles. The molecule has 1 atom stereocenters. The molecule has 4 heterocycles. The molecule has 2 bridgehead atoms. The van der Waals surface area contributed by atoms with Crippen molar-refractivity contribution in [2.75, 3.05) is 52.5 Å². The zero-order valence-electron chi connectivity index (χ0n) is 21.1. The molecule has 34 heavy (non-hydrogen) atoms. The van der Waals surface area contributed by atoms with Gasteiger partial charge in [-0.3, -0.25) is 9.59 Å². The number of carbonyl (C=O) groups is 2. The average molecular weight is 475 g/mol. The molecule has 1 aromatic rings. The van der Waals surface area contributed by atoms with Crippen LogP contribution in [0.15, 0.2) is 18.3 Å². The highest BCUT2D eigenvalue weighted by Gasteiger charge is 2.30. The maximum Gasteiger partial charge on any atom is 0.257 e. The fourth-order valence-electron chi connectivity index (χ4n) is 4.61. The number of fused-ring (bicyclic) bond motifs is 12. The van der Waals surface area contributed by atoms with Crippen LogP contribution >= 0.6 is 0 Å². The highest BCUT2D eigenvalue weighted by Crippen LogP contribution is 2.21. The lowest BCUT2D eigenvalue weighted by Crippen LogP contribution is -2.51. The van der Waals surface area contributed by atoms with E-state index in [0.29, 0.717) is 43.6 Å². The molecule has 1 saturated heterocycles. The lowest BCUT2D eigenvalue weighted by molar-refractivity contribution is -0.135. The largest absolute Gasteiger partial charge is 0.475 e. The minimum absolute atomic E-state index is 0.0196. The number of rotatable bonds is 5. The van der Waals surface area contributed by atoms with Crippen molar-refractivity contribution < 1.29 is 19.1 Å². The van der Waals surface area contributed by atoms with Gasteiger partial charge in [-0.2, -0.15) is 0 Å². The van der Waals surface area contributed by atoms with E-state index in [0.717, 1.165) is 52.0 Å². The molecular weight excluding hydrogens is 432 g/mol. The van der Waals surface area contributed by atoms with Gasteiger partial charge >= 0.3 is 0 Å². The first kappa shape index (κ1) is 26.4. The average Bonchev–Trinajstić information content (AvgIpc) is 2.83. The maximum atomic E-state index is 13.3. The first-order chi connectivity index (χ1) is 16.5. The molecule has 4 rings (SSSR count). The summed E-state index contributed by atoms with van der Waals surface area (Å²) in [5, 5.41) is 2.95. The molecule has 1 aromatic heterocycles. The second-order valence-electron chi connectivity index (χ2n) is 9.88. The zero-order valence-corrected chi connectivity index (χ0v) is 21.1. The SMILES string of the molecule is CCC[C@H]1NC(=O)c2cccnc2OCCOCCN(CCC(C)C)CC2CCN(CC2)C1=O. The Labute approximate surface area is 204 Å². The fraction of sp³-hybridized carbons (Fsp3) is 0.731. The van der Waals surface area contributed by atoms with Crippen LogP contribution in [0.5, 0.6) is 5.88 Å². The molecule has 190 valence electrons. The molecule has 8 nitrogen and oxygen atoms in total. The smallest absolute Gasteiger partial charge is 0.257 e. The van der Waals surface area contributed by atoms with Crippen molar-refractivity contribution in [3.05, 3.63) is 23.9 Å². The Balaban J connectivity index is 1.75. The van der Waals surface area contributed by atoms with Crippen LogP contribution in [0.25, 0.3) is 0 Å². The normalized spacial score (nSPS) is 23.7. The zero-order chi connectivity index (χ0) is 24.3. The van der Waals surface area contributed by atoms with Gasteiger partial charge in [0, 0.05) is 32.4 Å². The molecule has 8 heteroatoms. The van der Waals surface area contributed by atoms with Gasteiger partial charge in [0.2, 0.25) is 11.8 Å². The lowest BCUT2D eigenvalue weighted by Gasteiger charge is -2.36. The van der Waals surface area contributed by atoms with Gasteiger partial charge < -0.3 is 24.6 Å². The van der Waals surface area contributed by atoms with E-state index in [2.05, 4.69) is 29.0 Å². The van der Waals surface area contributed by atoms with Gasteiger partial charge in [-0.25, -0.2) is 4.98 Å². The molecule has 0 radical (unpaired) electrons. The fourth-order valence-corrected chi connectivity index (χ4v) is 4.61. The van der Waals surface area contributed by atoms with Crippen molar-refractivity contribution in [1.29, 1.82) is 0 Å². The van der Waals surface area contributed by atoms with Crippen LogP contribution in [0.4, 0.5) is 0 Å². The van der Waals surface area contributed by atoms with Crippen molar-refractivity contribution in [2.45, 2.75) is 58.9 Å². The summed E-state index contributed by atoms with van der Waals surface area (Å²) in [6.07, 6.45) is 6.19. The van der Waals surface area contributed by atoms with Gasteiger partial charge in [0.05, 0.1) is 13.2 Å². The van der Waals surface area contributed by atoms with E-state index in [-0.39, 0.29) is 17.7 Å². The second-order valence-corrected chi connectivity index (χ2v) is 9.88. The molecular formula is C26H42N4O4. The summed E-state index contributed by atoms with van der Waals surface area (Å²) in [6.45, 7) is 12.4. The molecule has 0 saturated carbocycles. The van der Waals surface area contributed by atoms with Crippen LogP contribution in [0.1, 0.15) is 63.2 Å². The van der Waals surface area contributed by atoms with Gasteiger partial charge in [0.15, 0.2) is 0 Å². The number of amides is 2. The number of carbonyl (C=O) groups excluding carboxylic acids is 2. The first-order valence-corrected chi connectivity index (χ1v) is 13.0. The molecule has 0 spiro atoms. The van der Waals surface area contributed by atoms with Crippen molar-refractivity contribution >= 4 is 11.8 Å². The van der Waals surface area contributed by atoms with E-state index in [1.54, 1.807) is 18.3 Å². The summed E-state index contributed by atoms with van der Waals surface area (Å²) in [4.78, 5) is 35.1. The van der Waals surface area contributed by atoms with Crippen LogP contribution in [-0.2, 0) is 9.53 Å². The first-order valence-electron chi connectivity index (χ1n) is 13.0. The monoisotopic (exact) mass is 474 g/mol. The maximum absolute atomic E-state index is 13.3. The molecule has 3 aliphatic rings. The van der Waals surface area contributed by atoms with Gasteiger partial charge in [0.25, 0.3) is 5.91 Å². The number of pyridine rings is 1. The Morgan fingerprint density at radius 3 is 2.68 bits per heavy atom. The number of nitrogens with zero attached hydrogens (tertiary/aromatic N) is 3. The van der Waals surface area contributed by atoms with Crippen LogP contribution < -0.4 is 10.1 Å². The Morgan fingerprint density at radius 2 is 1.94 bits per heavy atom. The van der Waals surface area contributed by atoms with Gasteiger partial charge in [0.1, 0.15) is 18.2 Å². The van der Waals surface area contributed by atoms with Crippen molar-refractivity contribution in [3.63, 3.8) is 0 Å². The number of ether oxygens (including phenoxy) is 2. The Morgan fingerprint density at radius 1 is 1.15 bits per heavy atom. The van der Waals surface area contributed by atoms with E-state index >= 15 is 0 Å². The third kappa shape index (κ3) is 7.94. The number of hydrogen-bond donors (Lipinski definition) is 1. The predicted molar refractivity (Wildman–Crippen MR) is 132 cm³/mol. The number of hydrogen-bond acceptors (Lipinski definition) is 6. The third-order valence-corrected chi connectivity index (χ3v) is 6.68. The van der Waals surface area contributed by atoms with Crippen molar-refractivity contribution in [3.8, 4) is 5.88 Å². The molecule has 0 aliphatic carbocycles.